The van der Waals surface area contributed by atoms with Crippen LogP contribution in [0.5, 0.6) is 0 Å². The van der Waals surface area contributed by atoms with Crippen LogP contribution in [0.25, 0.3) is 0 Å². The molecule has 0 aromatic rings. The van der Waals surface area contributed by atoms with Gasteiger partial charge in [-0.3, -0.25) is 4.79 Å². The highest BCUT2D eigenvalue weighted by molar-refractivity contribution is 5.93. The Hall–Kier alpha value is -0.990. The summed E-state index contributed by atoms with van der Waals surface area (Å²) in [7, 11) is 0. The number of carbonyl (C=O) groups excluding carboxylic acids is 1. The van der Waals surface area contributed by atoms with Gasteiger partial charge in [-0.2, -0.15) is 0 Å². The number of amides is 1. The summed E-state index contributed by atoms with van der Waals surface area (Å²) in [5.41, 5.74) is 0.389. The van der Waals surface area contributed by atoms with E-state index >= 15 is 0 Å². The van der Waals surface area contributed by atoms with Crippen LogP contribution in [0.4, 0.5) is 0 Å². The molecule has 8 heavy (non-hydrogen) atoms. The minimum Gasteiger partial charge on any atom is -0.264 e. The van der Waals surface area contributed by atoms with E-state index in [1.165, 1.54) is 0 Å². The molecule has 0 atom stereocenters. The third kappa shape index (κ3) is 1.64. The standard InChI is InChI=1S/C5H7NO2/c1-3-4(2)5(7)6-8/h3H,1-2H3/b4-3+. The molecule has 0 saturated carbocycles. The van der Waals surface area contributed by atoms with E-state index in [1.807, 2.05) is 0 Å². The monoisotopic (exact) mass is 113 g/mol. The van der Waals surface area contributed by atoms with Crippen molar-refractivity contribution < 1.29 is 4.79 Å². The summed E-state index contributed by atoms with van der Waals surface area (Å²) in [5.74, 6) is -0.687. The van der Waals surface area contributed by atoms with E-state index in [9.17, 15) is 9.70 Å². The van der Waals surface area contributed by atoms with Crippen LogP contribution in [-0.2, 0) is 4.79 Å². The Balaban J connectivity index is 4.03. The first-order valence-electron chi connectivity index (χ1n) is 2.23. The van der Waals surface area contributed by atoms with E-state index in [4.69, 9.17) is 0 Å². The molecule has 0 saturated heterocycles. The number of allylic oxidation sites excluding steroid dienone is 1. The average molecular weight is 113 g/mol. The van der Waals surface area contributed by atoms with Crippen LogP contribution in [0.1, 0.15) is 13.8 Å². The van der Waals surface area contributed by atoms with Crippen LogP contribution in [0.2, 0.25) is 0 Å². The molecule has 0 unspecified atom stereocenters. The van der Waals surface area contributed by atoms with E-state index < -0.39 is 5.91 Å². The van der Waals surface area contributed by atoms with Gasteiger partial charge in [-0.05, 0) is 13.8 Å². The van der Waals surface area contributed by atoms with Gasteiger partial charge in [0, 0.05) is 10.7 Å². The van der Waals surface area contributed by atoms with Crippen LogP contribution in [0.3, 0.4) is 0 Å². The van der Waals surface area contributed by atoms with Crippen LogP contribution < -0.4 is 0 Å². The molecule has 0 bridgehead atoms. The molecule has 0 radical (unpaired) electrons. The Morgan fingerprint density at radius 2 is 2.12 bits per heavy atom. The first-order valence-corrected chi connectivity index (χ1v) is 2.23. The van der Waals surface area contributed by atoms with Crippen molar-refractivity contribution in [3.63, 3.8) is 0 Å². The van der Waals surface area contributed by atoms with Crippen LogP contribution in [0, 0.1) is 4.91 Å². The Bertz CT molecular complexity index is 137. The maximum atomic E-state index is 10.2. The van der Waals surface area contributed by atoms with E-state index in [2.05, 4.69) is 5.18 Å². The molecular formula is C5H7NO2. The molecule has 0 fully saturated rings. The average Bonchev–Trinajstić information content (AvgIpc) is 1.84. The zero-order chi connectivity index (χ0) is 6.57. The summed E-state index contributed by atoms with van der Waals surface area (Å²) < 4.78 is 0. The lowest BCUT2D eigenvalue weighted by molar-refractivity contribution is -0.114. The van der Waals surface area contributed by atoms with Crippen LogP contribution in [-0.4, -0.2) is 5.91 Å². The van der Waals surface area contributed by atoms with E-state index in [1.54, 1.807) is 19.9 Å². The second kappa shape index (κ2) is 3.07. The van der Waals surface area contributed by atoms with Crippen molar-refractivity contribution in [1.82, 2.24) is 0 Å². The molecule has 0 aromatic heterocycles. The number of nitroso groups, excluding NO2 is 1. The van der Waals surface area contributed by atoms with E-state index in [0.717, 1.165) is 0 Å². The van der Waals surface area contributed by atoms with Crippen molar-refractivity contribution in [2.24, 2.45) is 5.18 Å². The molecule has 0 N–H and O–H groups in total. The molecule has 3 nitrogen and oxygen atoms in total. The highest BCUT2D eigenvalue weighted by Gasteiger charge is 1.98. The van der Waals surface area contributed by atoms with Crippen molar-refractivity contribution in [1.29, 1.82) is 0 Å². The van der Waals surface area contributed by atoms with Crippen LogP contribution >= 0.6 is 0 Å². The number of nitrogens with zero attached hydrogens (tertiary/aromatic N) is 1. The number of carbonyl (C=O) groups is 1. The van der Waals surface area contributed by atoms with Gasteiger partial charge in [-0.25, -0.2) is 0 Å². The third-order valence-electron chi connectivity index (χ3n) is 0.853. The minimum atomic E-state index is -0.687. The molecule has 0 rings (SSSR count). The van der Waals surface area contributed by atoms with E-state index in [-0.39, 0.29) is 0 Å². The Labute approximate surface area is 47.4 Å². The summed E-state index contributed by atoms with van der Waals surface area (Å²) in [6, 6.07) is 0. The van der Waals surface area contributed by atoms with Crippen molar-refractivity contribution in [3.05, 3.63) is 16.6 Å². The maximum Gasteiger partial charge on any atom is 0.312 e. The maximum absolute atomic E-state index is 10.2. The molecular weight excluding hydrogens is 106 g/mol. The lowest BCUT2D eigenvalue weighted by Crippen LogP contribution is -1.90. The summed E-state index contributed by atoms with van der Waals surface area (Å²) in [4.78, 5) is 19.7. The predicted octanol–water partition coefficient (Wildman–Crippen LogP) is 1.25. The lowest BCUT2D eigenvalue weighted by atomic mass is 10.3. The normalized spacial score (nSPS) is 11.0. The number of rotatable bonds is 1. The molecule has 1 amide bonds. The van der Waals surface area contributed by atoms with Gasteiger partial charge in [0.25, 0.3) is 0 Å². The summed E-state index contributed by atoms with van der Waals surface area (Å²) in [6.45, 7) is 3.22. The molecule has 0 aromatic carbocycles. The highest BCUT2D eigenvalue weighted by Crippen LogP contribution is 1.92. The summed E-state index contributed by atoms with van der Waals surface area (Å²) >= 11 is 0. The second-order valence-electron chi connectivity index (χ2n) is 1.37. The summed E-state index contributed by atoms with van der Waals surface area (Å²) in [5, 5.41) is 2.20. The van der Waals surface area contributed by atoms with Gasteiger partial charge < -0.3 is 0 Å². The molecule has 0 spiro atoms. The molecule has 0 aliphatic heterocycles. The van der Waals surface area contributed by atoms with Gasteiger partial charge >= 0.3 is 5.91 Å². The first kappa shape index (κ1) is 7.01. The number of hydrogen-bond acceptors (Lipinski definition) is 2. The molecule has 3 heteroatoms. The van der Waals surface area contributed by atoms with Gasteiger partial charge in [-0.15, -0.1) is 4.91 Å². The molecule has 44 valence electrons. The quantitative estimate of drug-likeness (QED) is 0.379. The van der Waals surface area contributed by atoms with Crippen molar-refractivity contribution in [3.8, 4) is 0 Å². The highest BCUT2D eigenvalue weighted by atomic mass is 16.3. The third-order valence-corrected chi connectivity index (χ3v) is 0.853. The minimum absolute atomic E-state index is 0.389. The van der Waals surface area contributed by atoms with Crippen molar-refractivity contribution >= 4 is 5.91 Å². The fourth-order valence-electron chi connectivity index (χ4n) is 0.195. The fourth-order valence-corrected chi connectivity index (χ4v) is 0.195. The summed E-state index contributed by atoms with van der Waals surface area (Å²) in [6.07, 6.45) is 1.55. The number of hydrogen-bond donors (Lipinski definition) is 0. The van der Waals surface area contributed by atoms with Gasteiger partial charge in [0.05, 0.1) is 0 Å². The zero-order valence-electron chi connectivity index (χ0n) is 4.84. The Morgan fingerprint density at radius 3 is 2.25 bits per heavy atom. The van der Waals surface area contributed by atoms with Gasteiger partial charge in [0.2, 0.25) is 0 Å². The largest absolute Gasteiger partial charge is 0.312 e. The van der Waals surface area contributed by atoms with E-state index in [0.29, 0.717) is 5.57 Å². The Kier molecular flexibility index (Phi) is 2.69. The fraction of sp³-hybridized carbons (Fsp3) is 0.400. The topological polar surface area (TPSA) is 46.5 Å². The molecule has 0 aliphatic rings. The van der Waals surface area contributed by atoms with Gasteiger partial charge in [0.1, 0.15) is 0 Å². The first-order chi connectivity index (χ1) is 3.72. The second-order valence-corrected chi connectivity index (χ2v) is 1.37. The van der Waals surface area contributed by atoms with Crippen molar-refractivity contribution in [2.75, 3.05) is 0 Å². The molecule has 0 heterocycles. The molecule has 0 aliphatic carbocycles. The Morgan fingerprint density at radius 1 is 1.62 bits per heavy atom. The lowest BCUT2D eigenvalue weighted by Gasteiger charge is -1.82. The van der Waals surface area contributed by atoms with Crippen molar-refractivity contribution in [2.45, 2.75) is 13.8 Å². The van der Waals surface area contributed by atoms with Gasteiger partial charge in [0.15, 0.2) is 0 Å². The smallest absolute Gasteiger partial charge is 0.264 e. The zero-order valence-corrected chi connectivity index (χ0v) is 4.84. The van der Waals surface area contributed by atoms with Gasteiger partial charge in [-0.1, -0.05) is 6.08 Å². The van der Waals surface area contributed by atoms with Crippen LogP contribution in [0.15, 0.2) is 16.8 Å². The predicted molar refractivity (Wildman–Crippen MR) is 30.2 cm³/mol. The SMILES string of the molecule is C/C=C(\C)C(=O)N=O.